The van der Waals surface area contributed by atoms with Crippen LogP contribution < -0.4 is 5.32 Å². The maximum absolute atomic E-state index is 3.70. The van der Waals surface area contributed by atoms with E-state index in [4.69, 9.17) is 0 Å². The van der Waals surface area contributed by atoms with Crippen LogP contribution in [0.1, 0.15) is 80.6 Å². The fourth-order valence-electron chi connectivity index (χ4n) is 3.19. The minimum absolute atomic E-state index is 0.216. The Bertz CT molecular complexity index is 282. The van der Waals surface area contributed by atoms with Crippen LogP contribution in [0.5, 0.6) is 0 Å². The summed E-state index contributed by atoms with van der Waals surface area (Å²) in [6, 6.07) is 0.845. The molecule has 0 unspecified atom stereocenters. The van der Waals surface area contributed by atoms with Gasteiger partial charge in [0.25, 0.3) is 0 Å². The Balaban J connectivity index is 2.56. The van der Waals surface area contributed by atoms with Crippen molar-refractivity contribution in [1.29, 1.82) is 0 Å². The average molecular weight is 297 g/mol. The molecule has 21 heavy (non-hydrogen) atoms. The molecule has 1 aliphatic carbocycles. The van der Waals surface area contributed by atoms with Gasteiger partial charge in [-0.2, -0.15) is 0 Å². The zero-order valence-electron chi connectivity index (χ0n) is 15.8. The molecule has 1 aliphatic rings. The highest BCUT2D eigenvalue weighted by atomic mass is 15.2. The van der Waals surface area contributed by atoms with Gasteiger partial charge in [0.1, 0.15) is 0 Å². The molecule has 0 spiro atoms. The number of nitrogens with one attached hydrogen (secondary N) is 1. The largest absolute Gasteiger partial charge is 0.311 e. The molecule has 1 N–H and O–H groups in total. The first kappa shape index (κ1) is 19.0. The van der Waals surface area contributed by atoms with E-state index in [1.54, 1.807) is 0 Å². The molecule has 0 aliphatic heterocycles. The normalized spacial score (nSPS) is 18.1. The van der Waals surface area contributed by atoms with Crippen molar-refractivity contribution in [1.82, 2.24) is 10.2 Å². The van der Waals surface area contributed by atoms with Gasteiger partial charge in [0, 0.05) is 24.7 Å². The zero-order chi connectivity index (χ0) is 16.1. The highest BCUT2D eigenvalue weighted by molar-refractivity contribution is 4.85. The third kappa shape index (κ3) is 8.21. The summed E-state index contributed by atoms with van der Waals surface area (Å²) in [5, 5.41) is 3.70. The van der Waals surface area contributed by atoms with Gasteiger partial charge in [0.05, 0.1) is 0 Å². The molecule has 1 rings (SSSR count). The van der Waals surface area contributed by atoms with Crippen LogP contribution in [0.4, 0.5) is 0 Å². The summed E-state index contributed by atoms with van der Waals surface area (Å²) in [4.78, 5) is 2.80. The van der Waals surface area contributed by atoms with Crippen LogP contribution >= 0.6 is 0 Å². The van der Waals surface area contributed by atoms with Crippen molar-refractivity contribution in [2.45, 2.75) is 92.2 Å². The molecule has 0 bridgehead atoms. The van der Waals surface area contributed by atoms with E-state index in [1.807, 2.05) is 0 Å². The monoisotopic (exact) mass is 296 g/mol. The second-order valence-corrected chi connectivity index (χ2v) is 9.36. The van der Waals surface area contributed by atoms with Gasteiger partial charge >= 0.3 is 0 Å². The molecule has 2 nitrogen and oxygen atoms in total. The van der Waals surface area contributed by atoms with Gasteiger partial charge in [-0.25, -0.2) is 0 Å². The highest BCUT2D eigenvalue weighted by Gasteiger charge is 2.29. The van der Waals surface area contributed by atoms with Crippen LogP contribution in [0, 0.1) is 11.3 Å². The lowest BCUT2D eigenvalue weighted by atomic mass is 9.90. The minimum atomic E-state index is 0.216. The molecule has 0 amide bonds. The molecule has 0 atom stereocenters. The third-order valence-corrected chi connectivity index (χ3v) is 4.56. The Kier molecular flexibility index (Phi) is 7.19. The molecule has 0 aromatic heterocycles. The quantitative estimate of drug-likeness (QED) is 0.699. The third-order valence-electron chi connectivity index (χ3n) is 4.56. The molecular formula is C19H40N2. The van der Waals surface area contributed by atoms with E-state index in [0.717, 1.165) is 18.5 Å². The standard InChI is InChI=1S/C19H40N2/c1-16(2)12-13-21(17-10-8-9-11-17)15-19(6,7)14-20-18(3,4)5/h16-17,20H,8-15H2,1-7H3. The van der Waals surface area contributed by atoms with E-state index in [0.29, 0.717) is 5.41 Å². The smallest absolute Gasteiger partial charge is 0.00967 e. The number of hydrogen-bond donors (Lipinski definition) is 1. The van der Waals surface area contributed by atoms with Crippen LogP contribution in [0.3, 0.4) is 0 Å². The summed E-state index contributed by atoms with van der Waals surface area (Å²) in [6.07, 6.45) is 7.04. The van der Waals surface area contributed by atoms with E-state index in [1.165, 1.54) is 45.2 Å². The predicted molar refractivity (Wildman–Crippen MR) is 94.8 cm³/mol. The lowest BCUT2D eigenvalue weighted by Crippen LogP contribution is -2.48. The minimum Gasteiger partial charge on any atom is -0.311 e. The van der Waals surface area contributed by atoms with E-state index in [-0.39, 0.29) is 5.54 Å². The van der Waals surface area contributed by atoms with Gasteiger partial charge in [0.2, 0.25) is 0 Å². The fourth-order valence-corrected chi connectivity index (χ4v) is 3.19. The topological polar surface area (TPSA) is 15.3 Å². The summed E-state index contributed by atoms with van der Waals surface area (Å²) < 4.78 is 0. The van der Waals surface area contributed by atoms with Gasteiger partial charge in [-0.3, -0.25) is 4.90 Å². The molecule has 2 heteroatoms. The van der Waals surface area contributed by atoms with Crippen LogP contribution in [0.15, 0.2) is 0 Å². The molecule has 0 aromatic rings. The van der Waals surface area contributed by atoms with Crippen molar-refractivity contribution >= 4 is 0 Å². The first-order valence-corrected chi connectivity index (χ1v) is 9.08. The first-order chi connectivity index (χ1) is 9.59. The van der Waals surface area contributed by atoms with Crippen LogP contribution in [-0.2, 0) is 0 Å². The van der Waals surface area contributed by atoms with E-state index in [2.05, 4.69) is 58.7 Å². The van der Waals surface area contributed by atoms with Gasteiger partial charge in [-0.05, 0) is 57.9 Å². The number of rotatable bonds is 8. The summed E-state index contributed by atoms with van der Waals surface area (Å²) in [5.41, 5.74) is 0.556. The van der Waals surface area contributed by atoms with Crippen molar-refractivity contribution in [2.24, 2.45) is 11.3 Å². The molecule has 0 aromatic carbocycles. The lowest BCUT2D eigenvalue weighted by Gasteiger charge is -2.38. The number of nitrogens with zero attached hydrogens (tertiary/aromatic N) is 1. The van der Waals surface area contributed by atoms with Gasteiger partial charge < -0.3 is 5.32 Å². The maximum atomic E-state index is 3.70. The lowest BCUT2D eigenvalue weighted by molar-refractivity contribution is 0.117. The molecule has 1 fully saturated rings. The fraction of sp³-hybridized carbons (Fsp3) is 1.00. The molecule has 1 saturated carbocycles. The summed E-state index contributed by atoms with van der Waals surface area (Å²) in [6.45, 7) is 19.9. The molecular weight excluding hydrogens is 256 g/mol. The Hall–Kier alpha value is -0.0800. The van der Waals surface area contributed by atoms with Gasteiger partial charge in [0.15, 0.2) is 0 Å². The highest BCUT2D eigenvalue weighted by Crippen LogP contribution is 2.28. The zero-order valence-corrected chi connectivity index (χ0v) is 15.8. The van der Waals surface area contributed by atoms with Gasteiger partial charge in [-0.1, -0.05) is 40.5 Å². The van der Waals surface area contributed by atoms with Gasteiger partial charge in [-0.15, -0.1) is 0 Å². The summed E-state index contributed by atoms with van der Waals surface area (Å²) in [7, 11) is 0. The Labute approximate surface area is 134 Å². The van der Waals surface area contributed by atoms with Crippen molar-refractivity contribution in [2.75, 3.05) is 19.6 Å². The Morgan fingerprint density at radius 2 is 1.62 bits per heavy atom. The van der Waals surface area contributed by atoms with E-state index >= 15 is 0 Å². The van der Waals surface area contributed by atoms with Crippen molar-refractivity contribution in [3.8, 4) is 0 Å². The summed E-state index contributed by atoms with van der Waals surface area (Å²) in [5.74, 6) is 0.810. The Morgan fingerprint density at radius 1 is 1.05 bits per heavy atom. The first-order valence-electron chi connectivity index (χ1n) is 9.08. The molecule has 0 saturated heterocycles. The summed E-state index contributed by atoms with van der Waals surface area (Å²) >= 11 is 0. The molecule has 0 radical (unpaired) electrons. The van der Waals surface area contributed by atoms with E-state index in [9.17, 15) is 0 Å². The molecule has 0 heterocycles. The molecule has 126 valence electrons. The Morgan fingerprint density at radius 3 is 2.10 bits per heavy atom. The second-order valence-electron chi connectivity index (χ2n) is 9.36. The van der Waals surface area contributed by atoms with Crippen LogP contribution in [-0.4, -0.2) is 36.1 Å². The average Bonchev–Trinajstić information content (AvgIpc) is 2.85. The maximum Gasteiger partial charge on any atom is 0.00967 e. The van der Waals surface area contributed by atoms with Crippen molar-refractivity contribution in [3.63, 3.8) is 0 Å². The predicted octanol–water partition coefficient (Wildman–Crippen LogP) is 4.69. The van der Waals surface area contributed by atoms with Crippen molar-refractivity contribution in [3.05, 3.63) is 0 Å². The van der Waals surface area contributed by atoms with Crippen LogP contribution in [0.2, 0.25) is 0 Å². The SMILES string of the molecule is CC(C)CCN(CC(C)(C)CNC(C)(C)C)C1CCCC1. The number of hydrogen-bond acceptors (Lipinski definition) is 2. The van der Waals surface area contributed by atoms with Crippen molar-refractivity contribution < 1.29 is 0 Å². The van der Waals surface area contributed by atoms with E-state index < -0.39 is 0 Å². The van der Waals surface area contributed by atoms with Crippen LogP contribution in [0.25, 0.3) is 0 Å². The second kappa shape index (κ2) is 7.97.